The van der Waals surface area contributed by atoms with E-state index in [-0.39, 0.29) is 18.4 Å². The van der Waals surface area contributed by atoms with Crippen LogP contribution < -0.4 is 10.2 Å². The molecular weight excluding hydrogens is 514 g/mol. The number of fused-ring (bicyclic) bond motifs is 1. The number of methoxy groups -OCH3 is 1. The number of carbonyl (C=O) groups is 2. The molecule has 2 aliphatic rings. The van der Waals surface area contributed by atoms with Crippen LogP contribution in [0.1, 0.15) is 31.4 Å². The summed E-state index contributed by atoms with van der Waals surface area (Å²) in [6.45, 7) is 10.0. The highest BCUT2D eigenvalue weighted by Crippen LogP contribution is 2.22. The molecule has 1 aromatic heterocycles. The average molecular weight is 556 g/mol. The Morgan fingerprint density at radius 3 is 2.66 bits per heavy atom. The predicted octanol–water partition coefficient (Wildman–Crippen LogP) is 5.40. The van der Waals surface area contributed by atoms with Crippen LogP contribution in [-0.2, 0) is 20.9 Å². The number of para-hydroxylation sites is 1. The molecule has 0 fully saturated rings. The quantitative estimate of drug-likeness (QED) is 0.418. The summed E-state index contributed by atoms with van der Waals surface area (Å²) in [7, 11) is 5.34. The first-order valence-electron chi connectivity index (χ1n) is 13.8. The number of likely N-dealkylation sites (N-methyl/N-ethyl adjacent to an activating group) is 2. The summed E-state index contributed by atoms with van der Waals surface area (Å²) < 4.78 is 5.31. The van der Waals surface area contributed by atoms with Crippen molar-refractivity contribution in [2.75, 3.05) is 51.1 Å². The molecule has 4 rings (SSSR count). The Bertz CT molecular complexity index is 1340. The van der Waals surface area contributed by atoms with Crippen molar-refractivity contribution in [1.29, 1.82) is 0 Å². The minimum Gasteiger partial charge on any atom is -0.497 e. The van der Waals surface area contributed by atoms with Gasteiger partial charge in [0.05, 0.1) is 20.2 Å². The highest BCUT2D eigenvalue weighted by molar-refractivity contribution is 5.93. The van der Waals surface area contributed by atoms with E-state index in [0.717, 1.165) is 34.7 Å². The van der Waals surface area contributed by atoms with Crippen LogP contribution in [0.25, 0.3) is 6.08 Å². The zero-order valence-corrected chi connectivity index (χ0v) is 24.8. The maximum absolute atomic E-state index is 12.8. The number of nitrogens with zero attached hydrogens (tertiary/aromatic N) is 4. The molecule has 2 heterocycles. The highest BCUT2D eigenvalue weighted by Gasteiger charge is 2.21. The van der Waals surface area contributed by atoms with E-state index in [2.05, 4.69) is 27.9 Å². The van der Waals surface area contributed by atoms with Crippen molar-refractivity contribution in [3.63, 3.8) is 0 Å². The molecule has 0 unspecified atom stereocenters. The normalized spacial score (nSPS) is 14.8. The fraction of sp³-hybridized carbons (Fsp3) is 0.303. The molecule has 216 valence electrons. The van der Waals surface area contributed by atoms with Crippen LogP contribution in [0.5, 0.6) is 0 Å². The molecule has 0 saturated carbocycles. The number of aromatic nitrogens is 1. The van der Waals surface area contributed by atoms with Gasteiger partial charge in [-0.1, -0.05) is 56.4 Å². The second kappa shape index (κ2) is 15.4. The summed E-state index contributed by atoms with van der Waals surface area (Å²) in [4.78, 5) is 35.5. The molecule has 1 aromatic carbocycles. The van der Waals surface area contributed by atoms with Gasteiger partial charge in [-0.3, -0.25) is 14.5 Å². The number of rotatable bonds is 9. The maximum Gasteiger partial charge on any atom is 0.246 e. The molecule has 41 heavy (non-hydrogen) atoms. The van der Waals surface area contributed by atoms with Crippen LogP contribution in [0.15, 0.2) is 96.6 Å². The van der Waals surface area contributed by atoms with Crippen LogP contribution >= 0.6 is 0 Å². The van der Waals surface area contributed by atoms with E-state index in [0.29, 0.717) is 25.5 Å². The van der Waals surface area contributed by atoms with Gasteiger partial charge >= 0.3 is 0 Å². The number of allylic oxidation sites excluding steroid dienone is 4. The largest absolute Gasteiger partial charge is 0.497 e. The molecule has 1 aliphatic carbocycles. The molecule has 8 heteroatoms. The molecule has 1 aliphatic heterocycles. The lowest BCUT2D eigenvalue weighted by Crippen LogP contribution is -2.31. The Morgan fingerprint density at radius 1 is 1.17 bits per heavy atom. The first-order valence-corrected chi connectivity index (χ1v) is 13.8. The second-order valence-electron chi connectivity index (χ2n) is 9.66. The monoisotopic (exact) mass is 555 g/mol. The zero-order chi connectivity index (χ0) is 29.8. The van der Waals surface area contributed by atoms with E-state index in [1.54, 1.807) is 31.3 Å². The molecule has 0 radical (unpaired) electrons. The number of benzene rings is 1. The van der Waals surface area contributed by atoms with Crippen molar-refractivity contribution >= 4 is 29.4 Å². The van der Waals surface area contributed by atoms with Crippen molar-refractivity contribution in [2.24, 2.45) is 0 Å². The van der Waals surface area contributed by atoms with Crippen molar-refractivity contribution < 1.29 is 14.3 Å². The lowest BCUT2D eigenvalue weighted by Gasteiger charge is -2.25. The van der Waals surface area contributed by atoms with Gasteiger partial charge < -0.3 is 19.9 Å². The summed E-state index contributed by atoms with van der Waals surface area (Å²) in [5.74, 6) is 1.12. The van der Waals surface area contributed by atoms with Gasteiger partial charge in [-0.25, -0.2) is 4.98 Å². The van der Waals surface area contributed by atoms with Crippen molar-refractivity contribution in [1.82, 2.24) is 14.8 Å². The minimum atomic E-state index is -0.140. The van der Waals surface area contributed by atoms with Crippen molar-refractivity contribution in [3.8, 4) is 0 Å². The summed E-state index contributed by atoms with van der Waals surface area (Å²) in [5, 5.41) is 2.90. The Labute approximate surface area is 244 Å². The maximum atomic E-state index is 12.8. The number of amides is 2. The Hall–Kier alpha value is -4.43. The Morgan fingerprint density at radius 2 is 1.93 bits per heavy atom. The molecule has 8 nitrogen and oxygen atoms in total. The van der Waals surface area contributed by atoms with Crippen LogP contribution in [0.3, 0.4) is 0 Å². The smallest absolute Gasteiger partial charge is 0.246 e. The summed E-state index contributed by atoms with van der Waals surface area (Å²) in [6, 6.07) is 11.9. The number of anilines is 2. The van der Waals surface area contributed by atoms with E-state index in [9.17, 15) is 9.59 Å². The van der Waals surface area contributed by atoms with E-state index >= 15 is 0 Å². The molecule has 2 amide bonds. The standard InChI is InChI=1S/C31H35N5O3.C2H6/c1-23(35(3)27-10-6-5-7-11-27)19-34(2)30(38)16-14-25-17-26-21-36(22-29(37)33-31(26)32-18-25)20-24-9-8-12-28(39-4)15-13-24;1-2/h5-8,10-18H,1,9,19-22H2,2-4H3,(H,32,33,37);1-2H3/b16-14+;. The van der Waals surface area contributed by atoms with Gasteiger partial charge in [-0.05, 0) is 48.4 Å². The summed E-state index contributed by atoms with van der Waals surface area (Å²) in [6.07, 6.45) is 13.7. The van der Waals surface area contributed by atoms with Gasteiger partial charge in [0.2, 0.25) is 11.8 Å². The lowest BCUT2D eigenvalue weighted by molar-refractivity contribution is -0.124. The van der Waals surface area contributed by atoms with Crippen LogP contribution in [0.2, 0.25) is 0 Å². The fourth-order valence-electron chi connectivity index (χ4n) is 4.41. The van der Waals surface area contributed by atoms with Gasteiger partial charge in [-0.15, -0.1) is 0 Å². The molecule has 1 N–H and O–H groups in total. The first-order chi connectivity index (χ1) is 19.8. The number of nitrogens with one attached hydrogen (secondary N) is 1. The third kappa shape index (κ3) is 9.05. The average Bonchev–Trinajstić information content (AvgIpc) is 3.31. The lowest BCUT2D eigenvalue weighted by atomic mass is 10.1. The highest BCUT2D eigenvalue weighted by atomic mass is 16.5. The Balaban J connectivity index is 0.00000226. The van der Waals surface area contributed by atoms with Gasteiger partial charge in [0.1, 0.15) is 11.6 Å². The summed E-state index contributed by atoms with van der Waals surface area (Å²) >= 11 is 0. The van der Waals surface area contributed by atoms with Gasteiger partial charge in [0.25, 0.3) is 0 Å². The summed E-state index contributed by atoms with van der Waals surface area (Å²) in [5.41, 5.74) is 4.70. The van der Waals surface area contributed by atoms with Crippen LogP contribution in [0.4, 0.5) is 11.5 Å². The number of carbonyl (C=O) groups excluding carboxylic acids is 2. The van der Waals surface area contributed by atoms with Gasteiger partial charge in [0, 0.05) is 56.4 Å². The molecular formula is C33H41N5O3. The van der Waals surface area contributed by atoms with E-state index < -0.39 is 0 Å². The third-order valence-corrected chi connectivity index (χ3v) is 6.65. The topological polar surface area (TPSA) is 78.0 Å². The molecule has 0 spiro atoms. The second-order valence-corrected chi connectivity index (χ2v) is 9.66. The van der Waals surface area contributed by atoms with Crippen molar-refractivity contribution in [3.05, 3.63) is 108 Å². The van der Waals surface area contributed by atoms with E-state index in [4.69, 9.17) is 4.74 Å². The SMILES string of the molecule is C=C(CN(C)C(=O)/C=C/c1cnc2c(c1)CN(CC1=CC=C(OC)C=CC1)CC(=O)N2)N(C)c1ccccc1.CC. The van der Waals surface area contributed by atoms with Crippen LogP contribution in [-0.4, -0.2) is 67.4 Å². The predicted molar refractivity (Wildman–Crippen MR) is 167 cm³/mol. The zero-order valence-electron chi connectivity index (χ0n) is 24.8. The first kappa shape index (κ1) is 31.1. The number of hydrogen-bond acceptors (Lipinski definition) is 6. The minimum absolute atomic E-state index is 0.0973. The Kier molecular flexibility index (Phi) is 11.7. The molecule has 0 atom stereocenters. The van der Waals surface area contributed by atoms with E-state index in [1.807, 2.05) is 80.4 Å². The van der Waals surface area contributed by atoms with Crippen LogP contribution in [0, 0.1) is 0 Å². The van der Waals surface area contributed by atoms with Gasteiger partial charge in [0.15, 0.2) is 0 Å². The van der Waals surface area contributed by atoms with Crippen molar-refractivity contribution in [2.45, 2.75) is 26.8 Å². The number of ether oxygens (including phenoxy) is 1. The molecule has 2 aromatic rings. The molecule has 0 bridgehead atoms. The number of hydrogen-bond donors (Lipinski definition) is 1. The number of pyridine rings is 1. The fourth-order valence-corrected chi connectivity index (χ4v) is 4.41. The van der Waals surface area contributed by atoms with Gasteiger partial charge in [-0.2, -0.15) is 0 Å². The third-order valence-electron chi connectivity index (χ3n) is 6.65. The van der Waals surface area contributed by atoms with E-state index in [1.165, 1.54) is 11.6 Å². The molecule has 0 saturated heterocycles.